The minimum absolute atomic E-state index is 0.255. The number of ether oxygens (including phenoxy) is 1. The number of carbonyl (C=O) groups is 1. The number of hydrogen-bond donors (Lipinski definition) is 1. The number of furan rings is 1. The maximum Gasteiger partial charge on any atom is 0.282 e. The van der Waals surface area contributed by atoms with E-state index in [-0.39, 0.29) is 18.0 Å². The summed E-state index contributed by atoms with van der Waals surface area (Å²) in [6, 6.07) is 25.8. The molecule has 6 aromatic rings. The van der Waals surface area contributed by atoms with Gasteiger partial charge >= 0.3 is 0 Å². The highest BCUT2D eigenvalue weighted by Crippen LogP contribution is 2.29. The van der Waals surface area contributed by atoms with E-state index in [4.69, 9.17) is 14.1 Å². The summed E-state index contributed by atoms with van der Waals surface area (Å²) < 4.78 is 27.9. The molecular formula is C31H19FI2N4O4. The fourth-order valence-corrected chi connectivity index (χ4v) is 6.43. The topological polar surface area (TPSA) is 98.7 Å². The van der Waals surface area contributed by atoms with Crippen LogP contribution in [0.5, 0.6) is 5.75 Å². The Labute approximate surface area is 265 Å². The van der Waals surface area contributed by atoms with Crippen molar-refractivity contribution in [3.8, 4) is 17.3 Å². The van der Waals surface area contributed by atoms with Gasteiger partial charge in [0, 0.05) is 11.1 Å². The van der Waals surface area contributed by atoms with Crippen LogP contribution < -0.4 is 15.6 Å². The number of benzene rings is 4. The van der Waals surface area contributed by atoms with Gasteiger partial charge in [-0.15, -0.1) is 0 Å². The van der Waals surface area contributed by atoms with Gasteiger partial charge in [0.05, 0.1) is 24.3 Å². The van der Waals surface area contributed by atoms with Crippen molar-refractivity contribution in [2.75, 3.05) is 11.9 Å². The summed E-state index contributed by atoms with van der Waals surface area (Å²) in [5.41, 5.74) is 1.93. The molecular weight excluding hydrogens is 765 g/mol. The number of rotatable bonds is 7. The third-order valence-electron chi connectivity index (χ3n) is 6.20. The van der Waals surface area contributed by atoms with E-state index in [1.807, 2.05) is 48.5 Å². The van der Waals surface area contributed by atoms with Crippen molar-refractivity contribution in [3.05, 3.63) is 120 Å². The lowest BCUT2D eigenvalue weighted by atomic mass is 10.2. The highest BCUT2D eigenvalue weighted by Gasteiger charge is 2.17. The zero-order valence-corrected chi connectivity index (χ0v) is 25.9. The van der Waals surface area contributed by atoms with Crippen LogP contribution in [0.1, 0.15) is 5.56 Å². The number of nitrogens with one attached hydrogen (secondary N) is 1. The number of aromatic nitrogens is 2. The second kappa shape index (κ2) is 12.0. The number of carbonyl (C=O) groups excluding carboxylic acids is 1. The molecule has 8 nitrogen and oxygen atoms in total. The van der Waals surface area contributed by atoms with Crippen molar-refractivity contribution >= 4 is 84.9 Å². The lowest BCUT2D eigenvalue weighted by Gasteiger charge is -2.12. The predicted octanol–water partition coefficient (Wildman–Crippen LogP) is 7.06. The van der Waals surface area contributed by atoms with Crippen LogP contribution in [0, 0.1) is 13.0 Å². The van der Waals surface area contributed by atoms with E-state index in [0.717, 1.165) is 12.5 Å². The first-order chi connectivity index (χ1) is 20.4. The fourth-order valence-electron chi connectivity index (χ4n) is 4.30. The zero-order valence-electron chi connectivity index (χ0n) is 21.6. The number of para-hydroxylation sites is 2. The van der Waals surface area contributed by atoms with Crippen LogP contribution in [0.4, 0.5) is 10.1 Å². The third kappa shape index (κ3) is 5.92. The Bertz CT molecular complexity index is 2020. The summed E-state index contributed by atoms with van der Waals surface area (Å²) in [5.74, 6) is 0.358. The number of halogens is 3. The van der Waals surface area contributed by atoms with Gasteiger partial charge in [0.15, 0.2) is 12.4 Å². The number of amides is 1. The quantitative estimate of drug-likeness (QED) is 0.138. The molecule has 208 valence electrons. The molecule has 0 aliphatic rings. The zero-order chi connectivity index (χ0) is 29.2. The van der Waals surface area contributed by atoms with Crippen molar-refractivity contribution in [3.63, 3.8) is 0 Å². The third-order valence-corrected chi connectivity index (χ3v) is 7.80. The normalized spacial score (nSPS) is 11.4. The van der Waals surface area contributed by atoms with Gasteiger partial charge in [-0.3, -0.25) is 9.59 Å². The van der Waals surface area contributed by atoms with Gasteiger partial charge in [-0.1, -0.05) is 36.4 Å². The molecule has 0 spiro atoms. The Balaban J connectivity index is 1.29. The highest BCUT2D eigenvalue weighted by atomic mass is 127. The van der Waals surface area contributed by atoms with Crippen LogP contribution in [0.2, 0.25) is 0 Å². The lowest BCUT2D eigenvalue weighted by Crippen LogP contribution is -2.21. The molecule has 0 aliphatic heterocycles. The largest absolute Gasteiger partial charge is 0.482 e. The Morgan fingerprint density at radius 2 is 1.76 bits per heavy atom. The van der Waals surface area contributed by atoms with Crippen LogP contribution in [0.3, 0.4) is 0 Å². The molecule has 11 heteroatoms. The van der Waals surface area contributed by atoms with E-state index in [0.29, 0.717) is 39.2 Å². The van der Waals surface area contributed by atoms with E-state index in [2.05, 4.69) is 55.6 Å². The van der Waals surface area contributed by atoms with E-state index in [9.17, 15) is 14.0 Å². The standard InChI is InChI=1S/C31H19FI2N4O4/c32-20-7-5-8-21(15-20)36-28(39)17-41-29-23(33)12-18(13-24(29)34)16-35-38-30(27-14-19-6-1-4-11-26(19)42-27)37-25-10-3-2-9-22(25)31(38)40/h1-16H,17H2,(H,36,39). The minimum atomic E-state index is -0.443. The molecule has 2 aromatic heterocycles. The van der Waals surface area contributed by atoms with Gasteiger partial charge < -0.3 is 14.5 Å². The molecule has 2 heterocycles. The predicted molar refractivity (Wildman–Crippen MR) is 177 cm³/mol. The van der Waals surface area contributed by atoms with E-state index in [1.165, 1.54) is 22.9 Å². The van der Waals surface area contributed by atoms with Gasteiger partial charge in [0.1, 0.15) is 17.1 Å². The molecule has 0 bridgehead atoms. The maximum absolute atomic E-state index is 13.5. The molecule has 0 saturated heterocycles. The smallest absolute Gasteiger partial charge is 0.282 e. The summed E-state index contributed by atoms with van der Waals surface area (Å²) in [7, 11) is 0. The van der Waals surface area contributed by atoms with Gasteiger partial charge in [0.2, 0.25) is 5.82 Å². The Kier molecular flexibility index (Phi) is 8.02. The molecule has 0 saturated carbocycles. The van der Waals surface area contributed by atoms with Crippen molar-refractivity contribution in [1.29, 1.82) is 0 Å². The van der Waals surface area contributed by atoms with Crippen molar-refractivity contribution in [1.82, 2.24) is 9.66 Å². The molecule has 0 atom stereocenters. The number of fused-ring (bicyclic) bond motifs is 2. The van der Waals surface area contributed by atoms with Crippen LogP contribution in [-0.4, -0.2) is 28.4 Å². The number of hydrogen-bond acceptors (Lipinski definition) is 6. The van der Waals surface area contributed by atoms with Gasteiger partial charge in [-0.25, -0.2) is 9.37 Å². The molecule has 4 aromatic carbocycles. The van der Waals surface area contributed by atoms with Crippen molar-refractivity contribution in [2.45, 2.75) is 0 Å². The van der Waals surface area contributed by atoms with Crippen LogP contribution in [0.15, 0.2) is 105 Å². The lowest BCUT2D eigenvalue weighted by molar-refractivity contribution is -0.118. The summed E-state index contributed by atoms with van der Waals surface area (Å²) in [5, 5.41) is 8.45. The van der Waals surface area contributed by atoms with Crippen LogP contribution in [0.25, 0.3) is 33.5 Å². The number of anilines is 1. The van der Waals surface area contributed by atoms with Gasteiger partial charge in [0.25, 0.3) is 11.5 Å². The minimum Gasteiger partial charge on any atom is -0.482 e. The van der Waals surface area contributed by atoms with Gasteiger partial charge in [-0.2, -0.15) is 9.78 Å². The summed E-state index contributed by atoms with van der Waals surface area (Å²) >= 11 is 4.23. The molecule has 1 amide bonds. The Morgan fingerprint density at radius 1 is 1.00 bits per heavy atom. The molecule has 6 rings (SSSR count). The average molecular weight is 784 g/mol. The molecule has 0 fully saturated rings. The summed E-state index contributed by atoms with van der Waals surface area (Å²) in [4.78, 5) is 30.6. The molecule has 0 aliphatic carbocycles. The Hall–Kier alpha value is -4.11. The number of nitrogens with zero attached hydrogens (tertiary/aromatic N) is 3. The first-order valence-electron chi connectivity index (χ1n) is 12.6. The van der Waals surface area contributed by atoms with Crippen molar-refractivity contribution in [2.24, 2.45) is 5.10 Å². The molecule has 0 unspecified atom stereocenters. The van der Waals surface area contributed by atoms with Gasteiger partial charge in [-0.05, 0) is 105 Å². The Morgan fingerprint density at radius 3 is 2.55 bits per heavy atom. The second-order valence-corrected chi connectivity index (χ2v) is 11.4. The maximum atomic E-state index is 13.5. The first-order valence-corrected chi connectivity index (χ1v) is 14.7. The fraction of sp³-hybridized carbons (Fsp3) is 0.0323. The summed E-state index contributed by atoms with van der Waals surface area (Å²) in [6.07, 6.45) is 1.56. The molecule has 42 heavy (non-hydrogen) atoms. The highest BCUT2D eigenvalue weighted by molar-refractivity contribution is 14.1. The summed E-state index contributed by atoms with van der Waals surface area (Å²) in [6.45, 7) is -0.255. The van der Waals surface area contributed by atoms with E-state index >= 15 is 0 Å². The average Bonchev–Trinajstić information content (AvgIpc) is 3.40. The first kappa shape index (κ1) is 28.0. The second-order valence-electron chi connectivity index (χ2n) is 9.12. The van der Waals surface area contributed by atoms with Crippen LogP contribution >= 0.6 is 45.2 Å². The molecule has 0 radical (unpaired) electrons. The van der Waals surface area contributed by atoms with Crippen LogP contribution in [-0.2, 0) is 4.79 Å². The van der Waals surface area contributed by atoms with Crippen molar-refractivity contribution < 1.29 is 18.3 Å². The SMILES string of the molecule is O=C(COc1c(I)cc(C=Nn2c(-c3cc4ccccc4o3)nc3ccccc3c2=O)cc1I)Nc1cccc(F)c1. The molecule has 1 N–H and O–H groups in total. The monoisotopic (exact) mass is 784 g/mol. The van der Waals surface area contributed by atoms with E-state index in [1.54, 1.807) is 30.5 Å². The van der Waals surface area contributed by atoms with E-state index < -0.39 is 11.7 Å².